The summed E-state index contributed by atoms with van der Waals surface area (Å²) < 4.78 is 0.716. The first kappa shape index (κ1) is 13.1. The number of amides is 1. The average molecular weight is 331 g/mol. The summed E-state index contributed by atoms with van der Waals surface area (Å²) in [6.07, 6.45) is 0.740. The Morgan fingerprint density at radius 2 is 2.50 bits per heavy atom. The number of nitrogens with zero attached hydrogens (tertiary/aromatic N) is 3. The van der Waals surface area contributed by atoms with E-state index in [4.69, 9.17) is 10.4 Å². The van der Waals surface area contributed by atoms with E-state index in [-0.39, 0.29) is 6.04 Å². The van der Waals surface area contributed by atoms with Gasteiger partial charge in [0.1, 0.15) is 9.86 Å². The summed E-state index contributed by atoms with van der Waals surface area (Å²) in [5.41, 5.74) is 0.378. The number of carbonyl (C=O) groups is 1. The number of nitrogens with one attached hydrogen (secondary N) is 1. The van der Waals surface area contributed by atoms with Crippen molar-refractivity contribution in [2.75, 3.05) is 18.0 Å². The molecule has 0 spiro atoms. The summed E-state index contributed by atoms with van der Waals surface area (Å²) >= 11 is 4.70. The molecule has 2 rings (SSSR count). The maximum atomic E-state index is 10.6. The molecule has 1 aromatic rings. The van der Waals surface area contributed by atoms with E-state index >= 15 is 0 Å². The number of piperidine rings is 1. The summed E-state index contributed by atoms with van der Waals surface area (Å²) in [6.45, 7) is 1.43. The van der Waals surface area contributed by atoms with Crippen LogP contribution < -0.4 is 10.2 Å². The van der Waals surface area contributed by atoms with Gasteiger partial charge in [0.05, 0.1) is 0 Å². The van der Waals surface area contributed by atoms with E-state index in [0.717, 1.165) is 24.5 Å². The van der Waals surface area contributed by atoms with Crippen LogP contribution in [0.2, 0.25) is 0 Å². The third kappa shape index (κ3) is 2.91. The molecule has 0 aromatic carbocycles. The fourth-order valence-corrected chi connectivity index (χ4v) is 3.33. The molecule has 1 saturated heterocycles. The van der Waals surface area contributed by atoms with Crippen LogP contribution in [0.1, 0.15) is 18.5 Å². The van der Waals surface area contributed by atoms with Crippen LogP contribution in [0.3, 0.4) is 0 Å². The molecule has 2 N–H and O–H groups in total. The van der Waals surface area contributed by atoms with Gasteiger partial charge in [0.2, 0.25) is 0 Å². The highest BCUT2D eigenvalue weighted by Gasteiger charge is 2.24. The van der Waals surface area contributed by atoms with E-state index in [9.17, 15) is 4.79 Å². The van der Waals surface area contributed by atoms with Crippen LogP contribution in [0.25, 0.3) is 0 Å². The summed E-state index contributed by atoms with van der Waals surface area (Å²) in [5, 5.41) is 20.8. The van der Waals surface area contributed by atoms with E-state index in [1.54, 1.807) is 0 Å². The van der Waals surface area contributed by atoms with E-state index in [1.807, 2.05) is 11.0 Å². The summed E-state index contributed by atoms with van der Waals surface area (Å²) in [5.74, 6) is 0. The minimum absolute atomic E-state index is 0.0792. The number of halogens is 1. The van der Waals surface area contributed by atoms with Gasteiger partial charge < -0.3 is 15.3 Å². The third-order valence-corrected chi connectivity index (χ3v) is 4.47. The van der Waals surface area contributed by atoms with Gasteiger partial charge in [-0.2, -0.15) is 5.26 Å². The van der Waals surface area contributed by atoms with E-state index in [1.165, 1.54) is 11.3 Å². The number of nitriles is 1. The number of carboxylic acid groups (broad SMARTS) is 1. The molecule has 6 nitrogen and oxygen atoms in total. The molecular weight excluding hydrogens is 320 g/mol. The number of hydrogen-bond acceptors (Lipinski definition) is 5. The average Bonchev–Trinajstić information content (AvgIpc) is 2.70. The highest BCUT2D eigenvalue weighted by atomic mass is 79.9. The Balaban J connectivity index is 2.08. The van der Waals surface area contributed by atoms with Crippen molar-refractivity contribution >= 4 is 38.5 Å². The number of rotatable bonds is 2. The van der Waals surface area contributed by atoms with Crippen LogP contribution in [0.15, 0.2) is 3.79 Å². The zero-order valence-corrected chi connectivity index (χ0v) is 11.8. The van der Waals surface area contributed by atoms with Crippen LogP contribution in [0.5, 0.6) is 0 Å². The molecule has 1 fully saturated rings. The summed E-state index contributed by atoms with van der Waals surface area (Å²) in [4.78, 5) is 16.9. The molecular formula is C10H11BrN4O2S. The van der Waals surface area contributed by atoms with Crippen molar-refractivity contribution in [1.82, 2.24) is 10.3 Å². The van der Waals surface area contributed by atoms with Crippen LogP contribution in [0.4, 0.5) is 9.93 Å². The lowest BCUT2D eigenvalue weighted by molar-refractivity contribution is 0.188. The van der Waals surface area contributed by atoms with Crippen molar-refractivity contribution in [1.29, 1.82) is 5.26 Å². The quantitative estimate of drug-likeness (QED) is 0.865. The monoisotopic (exact) mass is 330 g/mol. The lowest BCUT2D eigenvalue weighted by atomic mass is 10.1. The maximum absolute atomic E-state index is 10.6. The Morgan fingerprint density at radius 3 is 3.11 bits per heavy atom. The minimum atomic E-state index is -1.00. The van der Waals surface area contributed by atoms with Crippen molar-refractivity contribution in [3.63, 3.8) is 0 Å². The lowest BCUT2D eigenvalue weighted by Gasteiger charge is -2.32. The molecule has 0 radical (unpaired) electrons. The maximum Gasteiger partial charge on any atom is 0.404 e. The largest absolute Gasteiger partial charge is 0.465 e. The first-order valence-corrected chi connectivity index (χ1v) is 7.02. The molecule has 1 atom stereocenters. The molecule has 0 unspecified atom stereocenters. The molecule has 0 aliphatic carbocycles. The topological polar surface area (TPSA) is 89.3 Å². The second-order valence-electron chi connectivity index (χ2n) is 3.97. The van der Waals surface area contributed by atoms with Crippen LogP contribution in [-0.2, 0) is 0 Å². The molecule has 1 aliphatic rings. The highest BCUT2D eigenvalue weighted by molar-refractivity contribution is 9.11. The van der Waals surface area contributed by atoms with Crippen molar-refractivity contribution in [2.45, 2.75) is 18.9 Å². The Morgan fingerprint density at radius 1 is 1.72 bits per heavy atom. The molecule has 1 amide bonds. The zero-order valence-electron chi connectivity index (χ0n) is 9.39. The second-order valence-corrected chi connectivity index (χ2v) is 6.26. The molecule has 18 heavy (non-hydrogen) atoms. The number of aromatic nitrogens is 1. The lowest BCUT2D eigenvalue weighted by Crippen LogP contribution is -2.47. The van der Waals surface area contributed by atoms with Gasteiger partial charge in [-0.05, 0) is 28.8 Å². The SMILES string of the molecule is N#Cc1nc(N2CCC[C@@H](NC(=O)O)C2)sc1Br. The molecule has 1 aromatic heterocycles. The van der Waals surface area contributed by atoms with E-state index < -0.39 is 6.09 Å². The third-order valence-electron chi connectivity index (χ3n) is 2.70. The summed E-state index contributed by atoms with van der Waals surface area (Å²) in [7, 11) is 0. The van der Waals surface area contributed by atoms with Gasteiger partial charge >= 0.3 is 6.09 Å². The molecule has 8 heteroatoms. The smallest absolute Gasteiger partial charge is 0.404 e. The molecule has 96 valence electrons. The fourth-order valence-electron chi connectivity index (χ4n) is 1.94. The van der Waals surface area contributed by atoms with Crippen molar-refractivity contribution in [3.05, 3.63) is 9.48 Å². The van der Waals surface area contributed by atoms with Gasteiger partial charge in [-0.1, -0.05) is 11.3 Å². The van der Waals surface area contributed by atoms with Gasteiger partial charge in [-0.15, -0.1) is 0 Å². The normalized spacial score (nSPS) is 19.3. The van der Waals surface area contributed by atoms with Crippen LogP contribution in [0, 0.1) is 11.3 Å². The van der Waals surface area contributed by atoms with Gasteiger partial charge in [0.25, 0.3) is 0 Å². The van der Waals surface area contributed by atoms with Crippen molar-refractivity contribution in [3.8, 4) is 6.07 Å². The highest BCUT2D eigenvalue weighted by Crippen LogP contribution is 2.31. The predicted molar refractivity (Wildman–Crippen MR) is 70.9 cm³/mol. The Bertz CT molecular complexity index is 499. The number of anilines is 1. The van der Waals surface area contributed by atoms with Gasteiger partial charge in [-0.3, -0.25) is 0 Å². The van der Waals surface area contributed by atoms with E-state index in [2.05, 4.69) is 26.2 Å². The molecule has 0 saturated carbocycles. The molecule has 2 heterocycles. The fraction of sp³-hybridized carbons (Fsp3) is 0.500. The van der Waals surface area contributed by atoms with Gasteiger partial charge in [-0.25, -0.2) is 9.78 Å². The Kier molecular flexibility index (Phi) is 4.04. The van der Waals surface area contributed by atoms with Gasteiger partial charge in [0, 0.05) is 19.1 Å². The van der Waals surface area contributed by atoms with Crippen LogP contribution in [-0.4, -0.2) is 35.3 Å². The van der Waals surface area contributed by atoms with Crippen molar-refractivity contribution in [2.24, 2.45) is 0 Å². The predicted octanol–water partition coefficient (Wildman–Crippen LogP) is 2.01. The Hall–Kier alpha value is -1.33. The Labute approximate surface area is 116 Å². The molecule has 1 aliphatic heterocycles. The van der Waals surface area contributed by atoms with E-state index in [0.29, 0.717) is 16.0 Å². The van der Waals surface area contributed by atoms with Crippen LogP contribution >= 0.6 is 27.3 Å². The number of hydrogen-bond donors (Lipinski definition) is 2. The first-order valence-electron chi connectivity index (χ1n) is 5.41. The zero-order chi connectivity index (χ0) is 13.1. The standard InChI is InChI=1S/C10H11BrN4O2S/c11-8-7(4-12)14-9(18-8)15-3-1-2-6(5-15)13-10(16)17/h6,13H,1-3,5H2,(H,16,17)/t6-/m1/s1. The van der Waals surface area contributed by atoms with Crippen molar-refractivity contribution < 1.29 is 9.90 Å². The molecule has 0 bridgehead atoms. The summed E-state index contributed by atoms with van der Waals surface area (Å²) in [6, 6.07) is 1.93. The first-order chi connectivity index (χ1) is 8.60. The second kappa shape index (κ2) is 5.54. The number of thiazole rings is 1. The van der Waals surface area contributed by atoms with Gasteiger partial charge in [0.15, 0.2) is 10.8 Å². The minimum Gasteiger partial charge on any atom is -0.465 e.